The summed E-state index contributed by atoms with van der Waals surface area (Å²) in [6.45, 7) is 11.4. The van der Waals surface area contributed by atoms with Crippen molar-refractivity contribution in [2.45, 2.75) is 59.0 Å². The van der Waals surface area contributed by atoms with Gasteiger partial charge in [-0.25, -0.2) is 0 Å². The molecule has 1 heterocycles. The Balaban J connectivity index is 2.51. The quantitative estimate of drug-likeness (QED) is 0.773. The van der Waals surface area contributed by atoms with Crippen molar-refractivity contribution in [1.82, 2.24) is 4.90 Å². The number of aliphatic hydroxyl groups is 1. The minimum absolute atomic E-state index is 0.0983. The Labute approximate surface area is 106 Å². The maximum Gasteiger partial charge on any atom is 0.0601 e. The first-order valence-electron chi connectivity index (χ1n) is 6.96. The molecular formula is C14H30N2O. The first-order chi connectivity index (χ1) is 7.85. The summed E-state index contributed by atoms with van der Waals surface area (Å²) >= 11 is 0. The van der Waals surface area contributed by atoms with Crippen LogP contribution >= 0.6 is 0 Å². The minimum atomic E-state index is 0.0983. The molecule has 0 saturated carbocycles. The van der Waals surface area contributed by atoms with E-state index in [9.17, 15) is 5.11 Å². The van der Waals surface area contributed by atoms with Crippen molar-refractivity contribution in [2.75, 3.05) is 19.7 Å². The van der Waals surface area contributed by atoms with Gasteiger partial charge >= 0.3 is 0 Å². The molecule has 0 aromatic heterocycles. The van der Waals surface area contributed by atoms with Crippen LogP contribution in [0.1, 0.15) is 47.0 Å². The van der Waals surface area contributed by atoms with Crippen LogP contribution in [0, 0.1) is 11.3 Å². The summed E-state index contributed by atoms with van der Waals surface area (Å²) in [4.78, 5) is 2.39. The molecule has 0 spiro atoms. The van der Waals surface area contributed by atoms with Crippen LogP contribution in [0.2, 0.25) is 0 Å². The second kappa shape index (κ2) is 6.17. The highest BCUT2D eigenvalue weighted by atomic mass is 16.3. The molecule has 0 aromatic carbocycles. The average molecular weight is 242 g/mol. The number of aliphatic hydroxyl groups excluding tert-OH is 1. The Morgan fingerprint density at radius 2 is 1.76 bits per heavy atom. The lowest BCUT2D eigenvalue weighted by molar-refractivity contribution is 0.0470. The van der Waals surface area contributed by atoms with Gasteiger partial charge in [-0.3, -0.25) is 4.90 Å². The predicted octanol–water partition coefficient (Wildman–Crippen LogP) is 1.84. The molecule has 102 valence electrons. The highest BCUT2D eigenvalue weighted by Gasteiger charge is 2.31. The summed E-state index contributed by atoms with van der Waals surface area (Å²) in [5, 5.41) is 9.57. The first kappa shape index (κ1) is 14.9. The fourth-order valence-corrected chi connectivity index (χ4v) is 2.68. The number of hydrogen-bond donors (Lipinski definition) is 2. The van der Waals surface area contributed by atoms with Crippen molar-refractivity contribution in [3.63, 3.8) is 0 Å². The van der Waals surface area contributed by atoms with Gasteiger partial charge in [0, 0.05) is 12.1 Å². The van der Waals surface area contributed by atoms with E-state index < -0.39 is 0 Å². The molecule has 3 heteroatoms. The highest BCUT2D eigenvalue weighted by molar-refractivity contribution is 4.87. The third-order valence-electron chi connectivity index (χ3n) is 4.05. The summed E-state index contributed by atoms with van der Waals surface area (Å²) in [5.74, 6) is 0.597. The van der Waals surface area contributed by atoms with Gasteiger partial charge in [0.15, 0.2) is 0 Å². The molecular weight excluding hydrogens is 212 g/mol. The van der Waals surface area contributed by atoms with Gasteiger partial charge in [0.2, 0.25) is 0 Å². The normalized spacial score (nSPS) is 24.9. The maximum atomic E-state index is 9.57. The van der Waals surface area contributed by atoms with Crippen LogP contribution in [0.15, 0.2) is 0 Å². The zero-order valence-corrected chi connectivity index (χ0v) is 11.9. The van der Waals surface area contributed by atoms with E-state index in [0.717, 1.165) is 19.5 Å². The lowest BCUT2D eigenvalue weighted by Gasteiger charge is -2.42. The molecule has 0 radical (unpaired) electrons. The van der Waals surface area contributed by atoms with Crippen LogP contribution in [0.25, 0.3) is 0 Å². The molecule has 2 unspecified atom stereocenters. The van der Waals surface area contributed by atoms with E-state index in [1.54, 1.807) is 0 Å². The molecule has 0 bridgehead atoms. The van der Waals surface area contributed by atoms with Crippen molar-refractivity contribution in [3.8, 4) is 0 Å². The number of nitrogens with zero attached hydrogens (tertiary/aromatic N) is 1. The molecule has 1 aliphatic rings. The van der Waals surface area contributed by atoms with E-state index in [1.807, 2.05) is 0 Å². The second-order valence-electron chi connectivity index (χ2n) is 6.74. The van der Waals surface area contributed by atoms with Crippen LogP contribution in [0.4, 0.5) is 0 Å². The monoisotopic (exact) mass is 242 g/mol. The fraction of sp³-hybridized carbons (Fsp3) is 1.00. The van der Waals surface area contributed by atoms with E-state index in [-0.39, 0.29) is 18.7 Å². The van der Waals surface area contributed by atoms with Gasteiger partial charge in [0.05, 0.1) is 6.61 Å². The van der Waals surface area contributed by atoms with Gasteiger partial charge in [-0.15, -0.1) is 0 Å². The van der Waals surface area contributed by atoms with Gasteiger partial charge in [-0.1, -0.05) is 27.7 Å². The topological polar surface area (TPSA) is 49.5 Å². The van der Waals surface area contributed by atoms with Crippen molar-refractivity contribution in [1.29, 1.82) is 0 Å². The summed E-state index contributed by atoms with van der Waals surface area (Å²) in [6.07, 6.45) is 3.40. The SMILES string of the molecule is CC(C)CC(N)C(CO)N1CCC(C)(C)CC1. The molecule has 1 aliphatic heterocycles. The van der Waals surface area contributed by atoms with Crippen LogP contribution in [0.3, 0.4) is 0 Å². The smallest absolute Gasteiger partial charge is 0.0601 e. The molecule has 1 fully saturated rings. The predicted molar refractivity (Wildman–Crippen MR) is 72.9 cm³/mol. The molecule has 1 saturated heterocycles. The van der Waals surface area contributed by atoms with Gasteiger partial charge in [0.1, 0.15) is 0 Å². The molecule has 3 nitrogen and oxygen atoms in total. The largest absolute Gasteiger partial charge is 0.395 e. The van der Waals surface area contributed by atoms with E-state index in [2.05, 4.69) is 32.6 Å². The number of piperidine rings is 1. The Bertz CT molecular complexity index is 218. The summed E-state index contributed by atoms with van der Waals surface area (Å²) in [6, 6.07) is 0.245. The molecule has 17 heavy (non-hydrogen) atoms. The van der Waals surface area contributed by atoms with Gasteiger partial charge in [-0.05, 0) is 43.7 Å². The number of rotatable bonds is 5. The first-order valence-corrected chi connectivity index (χ1v) is 6.96. The van der Waals surface area contributed by atoms with Crippen molar-refractivity contribution >= 4 is 0 Å². The van der Waals surface area contributed by atoms with E-state index in [4.69, 9.17) is 5.73 Å². The molecule has 2 atom stereocenters. The third kappa shape index (κ3) is 4.57. The third-order valence-corrected chi connectivity index (χ3v) is 4.05. The molecule has 3 N–H and O–H groups in total. The standard InChI is InChI=1S/C14H30N2O/c1-11(2)9-12(15)13(10-17)16-7-5-14(3,4)6-8-16/h11-13,17H,5-10,15H2,1-4H3. The number of likely N-dealkylation sites (tertiary alicyclic amines) is 1. The fourth-order valence-electron chi connectivity index (χ4n) is 2.68. The maximum absolute atomic E-state index is 9.57. The number of nitrogens with two attached hydrogens (primary N) is 1. The number of hydrogen-bond acceptors (Lipinski definition) is 3. The Morgan fingerprint density at radius 3 is 2.18 bits per heavy atom. The van der Waals surface area contributed by atoms with E-state index in [1.165, 1.54) is 12.8 Å². The minimum Gasteiger partial charge on any atom is -0.395 e. The average Bonchev–Trinajstić information content (AvgIpc) is 2.20. The molecule has 1 rings (SSSR count). The highest BCUT2D eigenvalue weighted by Crippen LogP contribution is 2.31. The van der Waals surface area contributed by atoms with Crippen LogP contribution in [-0.4, -0.2) is 41.8 Å². The zero-order valence-electron chi connectivity index (χ0n) is 11.9. The lowest BCUT2D eigenvalue weighted by Crippen LogP contribution is -2.53. The van der Waals surface area contributed by atoms with Crippen molar-refractivity contribution < 1.29 is 5.11 Å². The molecule has 0 aliphatic carbocycles. The Morgan fingerprint density at radius 1 is 1.24 bits per heavy atom. The summed E-state index contributed by atoms with van der Waals surface area (Å²) < 4.78 is 0. The molecule has 0 aromatic rings. The van der Waals surface area contributed by atoms with Crippen molar-refractivity contribution in [3.05, 3.63) is 0 Å². The lowest BCUT2D eigenvalue weighted by atomic mass is 9.81. The van der Waals surface area contributed by atoms with E-state index >= 15 is 0 Å². The van der Waals surface area contributed by atoms with E-state index in [0.29, 0.717) is 11.3 Å². The van der Waals surface area contributed by atoms with Crippen molar-refractivity contribution in [2.24, 2.45) is 17.1 Å². The Hall–Kier alpha value is -0.120. The second-order valence-corrected chi connectivity index (χ2v) is 6.74. The molecule has 0 amide bonds. The Kier molecular flexibility index (Phi) is 5.42. The van der Waals surface area contributed by atoms with Crippen LogP contribution in [0.5, 0.6) is 0 Å². The van der Waals surface area contributed by atoms with Gasteiger partial charge in [0.25, 0.3) is 0 Å². The van der Waals surface area contributed by atoms with Crippen LogP contribution in [-0.2, 0) is 0 Å². The summed E-state index contributed by atoms with van der Waals surface area (Å²) in [7, 11) is 0. The van der Waals surface area contributed by atoms with Gasteiger partial charge < -0.3 is 10.8 Å². The van der Waals surface area contributed by atoms with Gasteiger partial charge in [-0.2, -0.15) is 0 Å². The van der Waals surface area contributed by atoms with Crippen LogP contribution < -0.4 is 5.73 Å². The zero-order chi connectivity index (χ0) is 13.1. The summed E-state index contributed by atoms with van der Waals surface area (Å²) in [5.41, 5.74) is 6.68.